The molecule has 1 heterocycles. The molecule has 1 unspecified atom stereocenters. The van der Waals surface area contributed by atoms with Crippen LogP contribution in [0.25, 0.3) is 5.76 Å². The van der Waals surface area contributed by atoms with Gasteiger partial charge in [-0.25, -0.2) is 0 Å². The summed E-state index contributed by atoms with van der Waals surface area (Å²) in [6.45, 7) is 4.50. The lowest BCUT2D eigenvalue weighted by Crippen LogP contribution is -2.29. The van der Waals surface area contributed by atoms with Crippen molar-refractivity contribution in [3.63, 3.8) is 0 Å². The number of amides is 1. The van der Waals surface area contributed by atoms with Gasteiger partial charge in [0.15, 0.2) is 0 Å². The molecule has 0 bridgehead atoms. The molecular weight excluding hydrogens is 430 g/mol. The fourth-order valence-corrected chi connectivity index (χ4v) is 4.14. The Labute approximate surface area is 199 Å². The molecule has 34 heavy (non-hydrogen) atoms. The molecule has 174 valence electrons. The molecule has 1 aliphatic rings. The number of carbonyl (C=O) groups excluding carboxylic acids is 2. The summed E-state index contributed by atoms with van der Waals surface area (Å²) >= 11 is 0. The van der Waals surface area contributed by atoms with E-state index in [1.54, 1.807) is 42.5 Å². The highest BCUT2D eigenvalue weighted by molar-refractivity contribution is 6.51. The summed E-state index contributed by atoms with van der Waals surface area (Å²) in [5, 5.41) is 11.3. The van der Waals surface area contributed by atoms with Crippen LogP contribution in [0.5, 0.6) is 11.5 Å². The van der Waals surface area contributed by atoms with Gasteiger partial charge in [-0.3, -0.25) is 14.5 Å². The first-order chi connectivity index (χ1) is 16.5. The fourth-order valence-electron chi connectivity index (χ4n) is 4.14. The molecule has 0 aromatic heterocycles. The zero-order valence-corrected chi connectivity index (χ0v) is 19.4. The van der Waals surface area contributed by atoms with Gasteiger partial charge in [-0.15, -0.1) is 0 Å². The highest BCUT2D eigenvalue weighted by Gasteiger charge is 2.47. The van der Waals surface area contributed by atoms with E-state index >= 15 is 0 Å². The van der Waals surface area contributed by atoms with Crippen LogP contribution >= 0.6 is 0 Å². The molecule has 1 atom stereocenters. The van der Waals surface area contributed by atoms with Crippen LogP contribution in [0.4, 0.5) is 5.69 Å². The molecule has 1 fully saturated rings. The normalized spacial score (nSPS) is 17.1. The van der Waals surface area contributed by atoms with Gasteiger partial charge < -0.3 is 14.6 Å². The molecule has 1 saturated heterocycles. The number of rotatable bonds is 7. The lowest BCUT2D eigenvalue weighted by molar-refractivity contribution is -0.132. The van der Waals surface area contributed by atoms with E-state index in [-0.39, 0.29) is 11.3 Å². The maximum Gasteiger partial charge on any atom is 0.300 e. The van der Waals surface area contributed by atoms with E-state index in [0.29, 0.717) is 29.2 Å². The Balaban J connectivity index is 1.86. The largest absolute Gasteiger partial charge is 0.507 e. The Morgan fingerprint density at radius 2 is 1.76 bits per heavy atom. The predicted octanol–water partition coefficient (Wildman–Crippen LogP) is 5.42. The number of anilines is 1. The lowest BCUT2D eigenvalue weighted by atomic mass is 9.94. The maximum absolute atomic E-state index is 13.3. The Bertz CT molecular complexity index is 1250. The second-order valence-electron chi connectivity index (χ2n) is 8.11. The molecule has 3 aromatic rings. The number of ether oxygens (including phenoxy) is 2. The Hall–Kier alpha value is -4.06. The van der Waals surface area contributed by atoms with Crippen molar-refractivity contribution in [3.05, 3.63) is 95.1 Å². The number of aryl methyl sites for hydroxylation is 1. The molecule has 0 radical (unpaired) electrons. The first-order valence-corrected chi connectivity index (χ1v) is 11.2. The summed E-state index contributed by atoms with van der Waals surface area (Å²) in [5.74, 6) is -0.386. The van der Waals surface area contributed by atoms with Crippen molar-refractivity contribution in [1.82, 2.24) is 0 Å². The first-order valence-electron chi connectivity index (χ1n) is 11.2. The second kappa shape index (κ2) is 9.83. The predicted molar refractivity (Wildman–Crippen MR) is 131 cm³/mol. The van der Waals surface area contributed by atoms with Gasteiger partial charge in [0.25, 0.3) is 11.7 Å². The van der Waals surface area contributed by atoms with E-state index in [1.807, 2.05) is 44.2 Å². The number of carbonyl (C=O) groups is 2. The molecule has 4 rings (SSSR count). The van der Waals surface area contributed by atoms with E-state index in [2.05, 4.69) is 0 Å². The van der Waals surface area contributed by atoms with Crippen LogP contribution in [0.15, 0.2) is 78.4 Å². The van der Waals surface area contributed by atoms with Gasteiger partial charge in [-0.05, 0) is 54.8 Å². The van der Waals surface area contributed by atoms with E-state index in [1.165, 1.54) is 12.0 Å². The summed E-state index contributed by atoms with van der Waals surface area (Å²) in [5.41, 5.74) is 2.54. The number of aliphatic hydroxyl groups is 1. The molecule has 6 nitrogen and oxygen atoms in total. The van der Waals surface area contributed by atoms with Crippen molar-refractivity contribution in [2.45, 2.75) is 26.3 Å². The summed E-state index contributed by atoms with van der Waals surface area (Å²) in [6.07, 6.45) is 0.881. The van der Waals surface area contributed by atoms with Crippen LogP contribution in [0.1, 0.15) is 36.1 Å². The molecule has 1 N–H and O–H groups in total. The van der Waals surface area contributed by atoms with Gasteiger partial charge in [-0.1, -0.05) is 43.3 Å². The van der Waals surface area contributed by atoms with Crippen molar-refractivity contribution in [1.29, 1.82) is 0 Å². The van der Waals surface area contributed by atoms with Crippen LogP contribution in [0.3, 0.4) is 0 Å². The average Bonchev–Trinajstić information content (AvgIpc) is 3.13. The minimum absolute atomic E-state index is 0.0423. The summed E-state index contributed by atoms with van der Waals surface area (Å²) in [7, 11) is 1.54. The minimum Gasteiger partial charge on any atom is -0.507 e. The third kappa shape index (κ3) is 4.27. The molecule has 0 spiro atoms. The van der Waals surface area contributed by atoms with Crippen LogP contribution in [0, 0.1) is 6.92 Å². The molecular formula is C28H27NO5. The third-order valence-corrected chi connectivity index (χ3v) is 5.80. The van der Waals surface area contributed by atoms with Gasteiger partial charge in [0.2, 0.25) is 0 Å². The topological polar surface area (TPSA) is 76.1 Å². The smallest absolute Gasteiger partial charge is 0.300 e. The minimum atomic E-state index is -0.787. The van der Waals surface area contributed by atoms with E-state index in [9.17, 15) is 14.7 Å². The van der Waals surface area contributed by atoms with Crippen molar-refractivity contribution >= 4 is 23.1 Å². The SMILES string of the molecule is CCCOc1ccc(/C(O)=C2\C(=O)C(=O)N(c3cccc(OC)c3)C2c2ccccc2)cc1C. The van der Waals surface area contributed by atoms with Gasteiger partial charge in [0.1, 0.15) is 17.3 Å². The van der Waals surface area contributed by atoms with Gasteiger partial charge in [0.05, 0.1) is 25.3 Å². The molecule has 0 aliphatic carbocycles. The number of hydrogen-bond donors (Lipinski definition) is 1. The summed E-state index contributed by atoms with van der Waals surface area (Å²) < 4.78 is 11.0. The number of benzene rings is 3. The summed E-state index contributed by atoms with van der Waals surface area (Å²) in [4.78, 5) is 27.9. The zero-order valence-electron chi connectivity index (χ0n) is 19.4. The Morgan fingerprint density at radius 1 is 1.00 bits per heavy atom. The number of nitrogens with zero attached hydrogens (tertiary/aromatic N) is 1. The van der Waals surface area contributed by atoms with Crippen LogP contribution in [-0.4, -0.2) is 30.5 Å². The Kier molecular flexibility index (Phi) is 6.68. The van der Waals surface area contributed by atoms with E-state index < -0.39 is 17.7 Å². The lowest BCUT2D eigenvalue weighted by Gasteiger charge is -2.25. The highest BCUT2D eigenvalue weighted by Crippen LogP contribution is 2.43. The van der Waals surface area contributed by atoms with Gasteiger partial charge >= 0.3 is 0 Å². The molecule has 1 amide bonds. The fraction of sp³-hybridized carbons (Fsp3) is 0.214. The summed E-state index contributed by atoms with van der Waals surface area (Å²) in [6, 6.07) is 20.6. The number of methoxy groups -OCH3 is 1. The quantitative estimate of drug-likeness (QED) is 0.291. The molecule has 3 aromatic carbocycles. The Morgan fingerprint density at radius 3 is 2.44 bits per heavy atom. The average molecular weight is 458 g/mol. The molecule has 0 saturated carbocycles. The number of aliphatic hydroxyl groups excluding tert-OH is 1. The maximum atomic E-state index is 13.3. The molecule has 1 aliphatic heterocycles. The van der Waals surface area contributed by atoms with E-state index in [4.69, 9.17) is 9.47 Å². The first kappa shape index (κ1) is 23.1. The second-order valence-corrected chi connectivity index (χ2v) is 8.11. The monoisotopic (exact) mass is 457 g/mol. The number of Topliss-reactive ketones (excluding diaryl/α,β-unsaturated/α-hetero) is 1. The van der Waals surface area contributed by atoms with Crippen LogP contribution in [-0.2, 0) is 9.59 Å². The van der Waals surface area contributed by atoms with Crippen molar-refractivity contribution in [3.8, 4) is 11.5 Å². The van der Waals surface area contributed by atoms with Crippen LogP contribution in [0.2, 0.25) is 0 Å². The van der Waals surface area contributed by atoms with Crippen LogP contribution < -0.4 is 14.4 Å². The van der Waals surface area contributed by atoms with Crippen molar-refractivity contribution in [2.75, 3.05) is 18.6 Å². The molecule has 6 heteroatoms. The third-order valence-electron chi connectivity index (χ3n) is 5.80. The number of ketones is 1. The van der Waals surface area contributed by atoms with Crippen molar-refractivity contribution < 1.29 is 24.2 Å². The van der Waals surface area contributed by atoms with Gasteiger partial charge in [0, 0.05) is 17.3 Å². The number of hydrogen-bond acceptors (Lipinski definition) is 5. The standard InChI is InChI=1S/C28H27NO5/c1-4-15-34-23-14-13-20(16-18(23)2)26(30)24-25(19-9-6-5-7-10-19)29(28(32)27(24)31)21-11-8-12-22(17-21)33-3/h5-14,16-17,25,30H,4,15H2,1-3H3/b26-24+. The van der Waals surface area contributed by atoms with Crippen molar-refractivity contribution in [2.24, 2.45) is 0 Å². The highest BCUT2D eigenvalue weighted by atomic mass is 16.5. The zero-order chi connectivity index (χ0) is 24.2. The van der Waals surface area contributed by atoms with E-state index in [0.717, 1.165) is 17.7 Å². The van der Waals surface area contributed by atoms with Gasteiger partial charge in [-0.2, -0.15) is 0 Å².